The Morgan fingerprint density at radius 1 is 1.22 bits per heavy atom. The van der Waals surface area contributed by atoms with Gasteiger partial charge in [-0.3, -0.25) is 4.79 Å². The molecule has 27 heavy (non-hydrogen) atoms. The van der Waals surface area contributed by atoms with E-state index in [2.05, 4.69) is 0 Å². The number of carbonyl (C=O) groups excluding carboxylic acids is 1. The third kappa shape index (κ3) is 4.67. The number of sulfonamides is 1. The summed E-state index contributed by atoms with van der Waals surface area (Å²) in [4.78, 5) is 14.8. The first-order valence-corrected chi connectivity index (χ1v) is 11.2. The lowest BCUT2D eigenvalue weighted by atomic mass is 10.0. The van der Waals surface area contributed by atoms with Crippen molar-refractivity contribution in [3.63, 3.8) is 0 Å². The maximum absolute atomic E-state index is 13.2. The van der Waals surface area contributed by atoms with Crippen molar-refractivity contribution in [2.75, 3.05) is 32.0 Å². The number of hydrogen-bond donors (Lipinski definition) is 0. The van der Waals surface area contributed by atoms with E-state index in [4.69, 9.17) is 4.74 Å². The molecule has 0 N–H and O–H groups in total. The number of piperidine rings is 1. The van der Waals surface area contributed by atoms with E-state index in [1.54, 1.807) is 17.0 Å². The third-order valence-corrected chi connectivity index (χ3v) is 7.25. The Labute approximate surface area is 160 Å². The van der Waals surface area contributed by atoms with Crippen molar-refractivity contribution < 1.29 is 22.3 Å². The van der Waals surface area contributed by atoms with Gasteiger partial charge in [-0.05, 0) is 37.0 Å². The number of carbonyl (C=O) groups is 1. The van der Waals surface area contributed by atoms with Gasteiger partial charge >= 0.3 is 0 Å². The Kier molecular flexibility index (Phi) is 6.49. The number of amides is 1. The maximum Gasteiger partial charge on any atom is 0.241 e. The van der Waals surface area contributed by atoms with Crippen LogP contribution in [0.2, 0.25) is 0 Å². The van der Waals surface area contributed by atoms with Crippen LogP contribution in [-0.4, -0.2) is 61.6 Å². The van der Waals surface area contributed by atoms with Gasteiger partial charge in [0.2, 0.25) is 15.9 Å². The Morgan fingerprint density at radius 2 is 1.96 bits per heavy atom. The second-order valence-electron chi connectivity index (χ2n) is 7.13. The summed E-state index contributed by atoms with van der Waals surface area (Å²) >= 11 is 0. The number of hydrogen-bond acceptors (Lipinski definition) is 4. The summed E-state index contributed by atoms with van der Waals surface area (Å²) in [5, 5.41) is 0. The average Bonchev–Trinajstić information content (AvgIpc) is 2.68. The standard InChI is InChI=1S/C19H27FN2O4S/c1-2-13-27(24,25)22-10-4-3-5-17(22)19(23)21-11-12-26-18(14-21)15-6-8-16(20)9-7-15/h6-9,17-18H,2-5,10-14H2,1H3. The zero-order valence-corrected chi connectivity index (χ0v) is 16.5. The molecule has 2 aliphatic heterocycles. The highest BCUT2D eigenvalue weighted by Gasteiger charge is 2.39. The van der Waals surface area contributed by atoms with Gasteiger partial charge < -0.3 is 9.64 Å². The van der Waals surface area contributed by atoms with Gasteiger partial charge in [0.25, 0.3) is 0 Å². The molecule has 0 radical (unpaired) electrons. The lowest BCUT2D eigenvalue weighted by Gasteiger charge is -2.39. The van der Waals surface area contributed by atoms with Crippen molar-refractivity contribution in [1.29, 1.82) is 0 Å². The summed E-state index contributed by atoms with van der Waals surface area (Å²) in [7, 11) is -3.42. The van der Waals surface area contributed by atoms with Gasteiger partial charge in [-0.2, -0.15) is 4.31 Å². The van der Waals surface area contributed by atoms with Crippen LogP contribution in [-0.2, 0) is 19.6 Å². The van der Waals surface area contributed by atoms with Crippen molar-refractivity contribution in [2.45, 2.75) is 44.8 Å². The van der Waals surface area contributed by atoms with Crippen LogP contribution >= 0.6 is 0 Å². The van der Waals surface area contributed by atoms with Crippen LogP contribution in [0.1, 0.15) is 44.3 Å². The summed E-state index contributed by atoms with van der Waals surface area (Å²) in [5.74, 6) is -0.399. The summed E-state index contributed by atoms with van der Waals surface area (Å²) in [6, 6.07) is 5.45. The molecule has 0 spiro atoms. The van der Waals surface area contributed by atoms with E-state index in [0.717, 1.165) is 18.4 Å². The number of morpholine rings is 1. The van der Waals surface area contributed by atoms with Gasteiger partial charge in [0.05, 0.1) is 18.9 Å². The molecule has 2 unspecified atom stereocenters. The molecule has 150 valence electrons. The Bertz CT molecular complexity index is 753. The van der Waals surface area contributed by atoms with Crippen molar-refractivity contribution in [3.8, 4) is 0 Å². The van der Waals surface area contributed by atoms with E-state index < -0.39 is 16.1 Å². The second kappa shape index (κ2) is 8.67. The molecule has 1 aromatic rings. The van der Waals surface area contributed by atoms with E-state index in [9.17, 15) is 17.6 Å². The van der Waals surface area contributed by atoms with Crippen molar-refractivity contribution >= 4 is 15.9 Å². The first-order chi connectivity index (χ1) is 12.9. The molecule has 0 saturated carbocycles. The predicted octanol–water partition coefficient (Wildman–Crippen LogP) is 2.32. The highest BCUT2D eigenvalue weighted by atomic mass is 32.2. The van der Waals surface area contributed by atoms with Crippen LogP contribution in [0.5, 0.6) is 0 Å². The molecule has 2 fully saturated rings. The predicted molar refractivity (Wildman–Crippen MR) is 100 cm³/mol. The molecule has 8 heteroatoms. The zero-order chi connectivity index (χ0) is 19.4. The van der Waals surface area contributed by atoms with E-state index in [0.29, 0.717) is 39.1 Å². The highest BCUT2D eigenvalue weighted by Crippen LogP contribution is 2.27. The monoisotopic (exact) mass is 398 g/mol. The van der Waals surface area contributed by atoms with E-state index in [1.807, 2.05) is 6.92 Å². The lowest BCUT2D eigenvalue weighted by Crippen LogP contribution is -2.55. The van der Waals surface area contributed by atoms with Crippen LogP contribution in [0.25, 0.3) is 0 Å². The highest BCUT2D eigenvalue weighted by molar-refractivity contribution is 7.89. The largest absolute Gasteiger partial charge is 0.370 e. The van der Waals surface area contributed by atoms with E-state index in [-0.39, 0.29) is 23.6 Å². The Morgan fingerprint density at radius 3 is 2.67 bits per heavy atom. The fourth-order valence-electron chi connectivity index (χ4n) is 3.80. The van der Waals surface area contributed by atoms with Crippen molar-refractivity contribution in [3.05, 3.63) is 35.6 Å². The molecular formula is C19H27FN2O4S. The minimum Gasteiger partial charge on any atom is -0.370 e. The van der Waals surface area contributed by atoms with Crippen molar-refractivity contribution in [2.24, 2.45) is 0 Å². The average molecular weight is 399 g/mol. The van der Waals surface area contributed by atoms with Crippen molar-refractivity contribution in [1.82, 2.24) is 9.21 Å². The summed E-state index contributed by atoms with van der Waals surface area (Å²) in [6.45, 7) is 3.40. The van der Waals surface area contributed by atoms with Gasteiger partial charge in [0.15, 0.2) is 0 Å². The van der Waals surface area contributed by atoms with E-state index in [1.165, 1.54) is 16.4 Å². The van der Waals surface area contributed by atoms with Crippen LogP contribution in [0.4, 0.5) is 4.39 Å². The van der Waals surface area contributed by atoms with Crippen LogP contribution in [0.15, 0.2) is 24.3 Å². The number of nitrogens with zero attached hydrogens (tertiary/aromatic N) is 2. The lowest BCUT2D eigenvalue weighted by molar-refractivity contribution is -0.144. The fraction of sp³-hybridized carbons (Fsp3) is 0.632. The smallest absolute Gasteiger partial charge is 0.241 e. The minimum absolute atomic E-state index is 0.0676. The molecule has 2 heterocycles. The molecule has 0 bridgehead atoms. The first kappa shape index (κ1) is 20.2. The van der Waals surface area contributed by atoms with Gasteiger partial charge in [0.1, 0.15) is 18.0 Å². The summed E-state index contributed by atoms with van der Waals surface area (Å²) in [5.41, 5.74) is 0.813. The molecule has 3 rings (SSSR count). The fourth-order valence-corrected chi connectivity index (χ4v) is 5.54. The molecule has 6 nitrogen and oxygen atoms in total. The molecule has 2 saturated heterocycles. The molecule has 2 atom stereocenters. The SMILES string of the molecule is CCCS(=O)(=O)N1CCCCC1C(=O)N1CCOC(c2ccc(F)cc2)C1. The summed E-state index contributed by atoms with van der Waals surface area (Å²) < 4.78 is 45.5. The Balaban J connectivity index is 1.74. The first-order valence-electron chi connectivity index (χ1n) is 9.57. The van der Waals surface area contributed by atoms with Crippen LogP contribution in [0.3, 0.4) is 0 Å². The molecule has 0 aliphatic carbocycles. The molecular weight excluding hydrogens is 371 g/mol. The number of rotatable bonds is 5. The van der Waals surface area contributed by atoms with Gasteiger partial charge in [-0.15, -0.1) is 0 Å². The van der Waals surface area contributed by atoms with E-state index >= 15 is 0 Å². The topological polar surface area (TPSA) is 66.9 Å². The number of ether oxygens (including phenoxy) is 1. The Hall–Kier alpha value is -1.51. The van der Waals surface area contributed by atoms with Gasteiger partial charge in [0, 0.05) is 13.1 Å². The third-order valence-electron chi connectivity index (χ3n) is 5.18. The van der Waals surface area contributed by atoms with Crippen LogP contribution in [0, 0.1) is 5.82 Å². The normalized spacial score (nSPS) is 24.7. The second-order valence-corrected chi connectivity index (χ2v) is 9.17. The van der Waals surface area contributed by atoms with Crippen LogP contribution < -0.4 is 0 Å². The van der Waals surface area contributed by atoms with Gasteiger partial charge in [-0.25, -0.2) is 12.8 Å². The maximum atomic E-state index is 13.2. The summed E-state index contributed by atoms with van der Waals surface area (Å²) in [6.07, 6.45) is 2.39. The molecule has 2 aliphatic rings. The molecule has 0 aromatic heterocycles. The number of benzene rings is 1. The molecule has 1 aromatic carbocycles. The number of halogens is 1. The zero-order valence-electron chi connectivity index (χ0n) is 15.6. The molecule has 1 amide bonds. The quantitative estimate of drug-likeness (QED) is 0.764. The van der Waals surface area contributed by atoms with Gasteiger partial charge in [-0.1, -0.05) is 25.5 Å². The minimum atomic E-state index is -3.42.